The Hall–Kier alpha value is -1.66. The van der Waals surface area contributed by atoms with Gasteiger partial charge < -0.3 is 10.4 Å². The molecule has 0 atom stereocenters. The number of hydrogen-bond donors (Lipinski definition) is 2. The van der Waals surface area contributed by atoms with Crippen LogP contribution < -0.4 is 5.32 Å². The van der Waals surface area contributed by atoms with Gasteiger partial charge in [-0.3, -0.25) is 0 Å². The van der Waals surface area contributed by atoms with E-state index in [2.05, 4.69) is 20.8 Å². The number of tetrazole rings is 1. The Morgan fingerprint density at radius 2 is 2.00 bits per heavy atom. The zero-order valence-electron chi connectivity index (χ0n) is 9.89. The molecule has 0 bridgehead atoms. The summed E-state index contributed by atoms with van der Waals surface area (Å²) in [7, 11) is 1.69. The molecule has 1 saturated carbocycles. The molecule has 1 heterocycles. The van der Waals surface area contributed by atoms with Crippen molar-refractivity contribution >= 4 is 11.9 Å². The van der Waals surface area contributed by atoms with Gasteiger partial charge in [0.2, 0.25) is 5.95 Å². The van der Waals surface area contributed by atoms with Gasteiger partial charge in [0.05, 0.1) is 0 Å². The van der Waals surface area contributed by atoms with Crippen LogP contribution in [0.25, 0.3) is 0 Å². The highest BCUT2D eigenvalue weighted by Crippen LogP contribution is 2.30. The average Bonchev–Trinajstić information content (AvgIpc) is 2.54. The highest BCUT2D eigenvalue weighted by Gasteiger charge is 2.39. The standard InChI is InChI=1S/C10H17N5O2/c1-15-9(12-13-14-15)11-10(8(16)17)6-4-2-3-5-7-10/h2-7H2,1H3,(H,16,17)(H,11,12,14). The van der Waals surface area contributed by atoms with Crippen LogP contribution in [0.1, 0.15) is 38.5 Å². The highest BCUT2D eigenvalue weighted by atomic mass is 16.4. The first kappa shape index (κ1) is 11.8. The molecule has 2 rings (SSSR count). The van der Waals surface area contributed by atoms with Gasteiger partial charge in [0.25, 0.3) is 0 Å². The first-order valence-electron chi connectivity index (χ1n) is 5.88. The lowest BCUT2D eigenvalue weighted by Crippen LogP contribution is -2.46. The molecular formula is C10H17N5O2. The second-order valence-electron chi connectivity index (χ2n) is 4.55. The quantitative estimate of drug-likeness (QED) is 0.758. The first-order chi connectivity index (χ1) is 8.14. The molecule has 1 aromatic rings. The molecule has 0 aliphatic heterocycles. The molecule has 7 nitrogen and oxygen atoms in total. The summed E-state index contributed by atoms with van der Waals surface area (Å²) in [6, 6.07) is 0. The third-order valence-electron chi connectivity index (χ3n) is 3.34. The summed E-state index contributed by atoms with van der Waals surface area (Å²) in [5, 5.41) is 23.5. The van der Waals surface area contributed by atoms with Gasteiger partial charge in [0, 0.05) is 7.05 Å². The zero-order valence-corrected chi connectivity index (χ0v) is 9.89. The molecule has 1 aliphatic carbocycles. The second-order valence-corrected chi connectivity index (χ2v) is 4.55. The van der Waals surface area contributed by atoms with E-state index in [4.69, 9.17) is 0 Å². The molecule has 17 heavy (non-hydrogen) atoms. The van der Waals surface area contributed by atoms with Crippen molar-refractivity contribution in [1.29, 1.82) is 0 Å². The van der Waals surface area contributed by atoms with E-state index < -0.39 is 11.5 Å². The molecule has 1 fully saturated rings. The third kappa shape index (κ3) is 2.37. The van der Waals surface area contributed by atoms with E-state index in [0.29, 0.717) is 18.8 Å². The van der Waals surface area contributed by atoms with Crippen molar-refractivity contribution in [2.24, 2.45) is 7.05 Å². The summed E-state index contributed by atoms with van der Waals surface area (Å²) in [5.74, 6) is -0.406. The molecule has 2 N–H and O–H groups in total. The smallest absolute Gasteiger partial charge is 0.329 e. The Morgan fingerprint density at radius 1 is 1.35 bits per heavy atom. The Balaban J connectivity index is 2.21. The van der Waals surface area contributed by atoms with Gasteiger partial charge >= 0.3 is 5.97 Å². The van der Waals surface area contributed by atoms with Gasteiger partial charge in [-0.2, -0.15) is 0 Å². The molecular weight excluding hydrogens is 222 g/mol. The van der Waals surface area contributed by atoms with E-state index in [1.165, 1.54) is 4.68 Å². The minimum atomic E-state index is -0.918. The van der Waals surface area contributed by atoms with E-state index in [-0.39, 0.29) is 0 Å². The average molecular weight is 239 g/mol. The van der Waals surface area contributed by atoms with E-state index in [1.807, 2.05) is 0 Å². The fourth-order valence-corrected chi connectivity index (χ4v) is 2.27. The predicted octanol–water partition coefficient (Wildman–Crippen LogP) is 0.800. The number of aromatic nitrogens is 4. The van der Waals surface area contributed by atoms with E-state index in [9.17, 15) is 9.90 Å². The summed E-state index contributed by atoms with van der Waals surface area (Å²) < 4.78 is 1.45. The maximum absolute atomic E-state index is 11.5. The van der Waals surface area contributed by atoms with Crippen LogP contribution in [0.15, 0.2) is 0 Å². The summed E-state index contributed by atoms with van der Waals surface area (Å²) in [4.78, 5) is 11.5. The van der Waals surface area contributed by atoms with Gasteiger partial charge in [0.1, 0.15) is 5.54 Å². The first-order valence-corrected chi connectivity index (χ1v) is 5.88. The van der Waals surface area contributed by atoms with E-state index in [1.54, 1.807) is 7.05 Å². The number of carbonyl (C=O) groups is 1. The number of carboxylic acids is 1. The predicted molar refractivity (Wildman–Crippen MR) is 60.5 cm³/mol. The Bertz CT molecular complexity index is 395. The number of nitrogens with one attached hydrogen (secondary N) is 1. The van der Waals surface area contributed by atoms with Gasteiger partial charge in [-0.1, -0.05) is 30.8 Å². The molecule has 94 valence electrons. The van der Waals surface area contributed by atoms with Crippen molar-refractivity contribution in [3.8, 4) is 0 Å². The SMILES string of the molecule is Cn1nnnc1NC1(C(=O)O)CCCCCC1. The lowest BCUT2D eigenvalue weighted by atomic mass is 9.90. The van der Waals surface area contributed by atoms with Gasteiger partial charge in [0.15, 0.2) is 0 Å². The lowest BCUT2D eigenvalue weighted by molar-refractivity contribution is -0.142. The van der Waals surface area contributed by atoms with E-state index in [0.717, 1.165) is 25.7 Å². The minimum absolute atomic E-state index is 0.411. The van der Waals surface area contributed by atoms with Crippen LogP contribution in [-0.4, -0.2) is 36.8 Å². The Labute approximate surface area is 99.2 Å². The van der Waals surface area contributed by atoms with Crippen LogP contribution in [0.4, 0.5) is 5.95 Å². The van der Waals surface area contributed by atoms with Crippen molar-refractivity contribution in [2.75, 3.05) is 5.32 Å². The summed E-state index contributed by atoms with van der Waals surface area (Å²) in [6.45, 7) is 0. The number of carboxylic acid groups (broad SMARTS) is 1. The summed E-state index contributed by atoms with van der Waals surface area (Å²) in [6.07, 6.45) is 5.26. The van der Waals surface area contributed by atoms with E-state index >= 15 is 0 Å². The van der Waals surface area contributed by atoms with Crippen LogP contribution in [0.3, 0.4) is 0 Å². The molecule has 1 aliphatic rings. The molecule has 0 saturated heterocycles. The fraction of sp³-hybridized carbons (Fsp3) is 0.800. The van der Waals surface area contributed by atoms with Crippen molar-refractivity contribution in [1.82, 2.24) is 20.2 Å². The lowest BCUT2D eigenvalue weighted by Gasteiger charge is -2.29. The number of rotatable bonds is 3. The van der Waals surface area contributed by atoms with Gasteiger partial charge in [-0.25, -0.2) is 9.48 Å². The van der Waals surface area contributed by atoms with Crippen LogP contribution >= 0.6 is 0 Å². The molecule has 0 radical (unpaired) electrons. The van der Waals surface area contributed by atoms with Crippen molar-refractivity contribution in [3.05, 3.63) is 0 Å². The largest absolute Gasteiger partial charge is 0.480 e. The second kappa shape index (κ2) is 4.68. The maximum atomic E-state index is 11.5. The van der Waals surface area contributed by atoms with Crippen molar-refractivity contribution < 1.29 is 9.90 Å². The number of hydrogen-bond acceptors (Lipinski definition) is 5. The van der Waals surface area contributed by atoms with Crippen molar-refractivity contribution in [2.45, 2.75) is 44.1 Å². The number of aryl methyl sites for hydroxylation is 1. The third-order valence-corrected chi connectivity index (χ3v) is 3.34. The maximum Gasteiger partial charge on any atom is 0.329 e. The molecule has 0 unspecified atom stereocenters. The highest BCUT2D eigenvalue weighted by molar-refractivity contribution is 5.82. The topological polar surface area (TPSA) is 92.9 Å². The zero-order chi connectivity index (χ0) is 12.3. The number of nitrogens with zero attached hydrogens (tertiary/aromatic N) is 4. The molecule has 0 aromatic carbocycles. The van der Waals surface area contributed by atoms with Crippen LogP contribution in [0.2, 0.25) is 0 Å². The van der Waals surface area contributed by atoms with Crippen LogP contribution in [0, 0.1) is 0 Å². The van der Waals surface area contributed by atoms with Gasteiger partial charge in [-0.15, -0.1) is 0 Å². The number of aliphatic carboxylic acids is 1. The van der Waals surface area contributed by atoms with Crippen molar-refractivity contribution in [3.63, 3.8) is 0 Å². The molecule has 7 heteroatoms. The monoisotopic (exact) mass is 239 g/mol. The summed E-state index contributed by atoms with van der Waals surface area (Å²) in [5.41, 5.74) is -0.918. The Morgan fingerprint density at radius 3 is 2.47 bits per heavy atom. The Kier molecular flexibility index (Phi) is 3.26. The minimum Gasteiger partial charge on any atom is -0.480 e. The number of anilines is 1. The summed E-state index contributed by atoms with van der Waals surface area (Å²) >= 11 is 0. The van der Waals surface area contributed by atoms with Crippen LogP contribution in [-0.2, 0) is 11.8 Å². The normalized spacial score (nSPS) is 19.6. The van der Waals surface area contributed by atoms with Gasteiger partial charge in [-0.05, 0) is 23.3 Å². The molecule has 0 amide bonds. The fourth-order valence-electron chi connectivity index (χ4n) is 2.27. The van der Waals surface area contributed by atoms with Crippen LogP contribution in [0.5, 0.6) is 0 Å². The molecule has 0 spiro atoms. The molecule has 1 aromatic heterocycles.